The first kappa shape index (κ1) is 11.9. The van der Waals surface area contributed by atoms with E-state index >= 15 is 0 Å². The molecule has 0 saturated carbocycles. The molecule has 15 heavy (non-hydrogen) atoms. The highest BCUT2D eigenvalue weighted by atomic mass is 16.5. The van der Waals surface area contributed by atoms with Gasteiger partial charge in [-0.25, -0.2) is 4.98 Å². The summed E-state index contributed by atoms with van der Waals surface area (Å²) in [6.07, 6.45) is 6.63. The highest BCUT2D eigenvalue weighted by Gasteiger charge is 2.07. The third kappa shape index (κ3) is 3.83. The van der Waals surface area contributed by atoms with Crippen LogP contribution in [0.25, 0.3) is 0 Å². The van der Waals surface area contributed by atoms with Crippen LogP contribution >= 0.6 is 0 Å². The zero-order valence-electron chi connectivity index (χ0n) is 9.66. The van der Waals surface area contributed by atoms with E-state index in [0.717, 1.165) is 18.5 Å². The minimum Gasteiger partial charge on any atom is -0.480 e. The van der Waals surface area contributed by atoms with Crippen LogP contribution in [-0.4, -0.2) is 30.2 Å². The van der Waals surface area contributed by atoms with E-state index in [-0.39, 0.29) is 0 Å². The van der Waals surface area contributed by atoms with Crippen molar-refractivity contribution in [2.24, 2.45) is 0 Å². The highest BCUT2D eigenvalue weighted by molar-refractivity contribution is 5.09. The second-order valence-corrected chi connectivity index (χ2v) is 3.53. The van der Waals surface area contributed by atoms with Crippen LogP contribution in [0.4, 0.5) is 0 Å². The number of nitrogens with one attached hydrogen (secondary N) is 1. The van der Waals surface area contributed by atoms with E-state index < -0.39 is 0 Å². The van der Waals surface area contributed by atoms with Gasteiger partial charge in [0.25, 0.3) is 0 Å². The Balaban J connectivity index is 2.61. The smallest absolute Gasteiger partial charge is 0.232 e. The number of likely N-dealkylation sites (N-methyl/N-ethyl adjacent to an activating group) is 1. The van der Waals surface area contributed by atoms with Crippen molar-refractivity contribution in [2.75, 3.05) is 14.2 Å². The zero-order chi connectivity index (χ0) is 11.1. The van der Waals surface area contributed by atoms with Gasteiger partial charge in [-0.2, -0.15) is 0 Å². The summed E-state index contributed by atoms with van der Waals surface area (Å²) in [4.78, 5) is 8.42. The van der Waals surface area contributed by atoms with E-state index in [1.165, 1.54) is 6.42 Å². The zero-order valence-corrected chi connectivity index (χ0v) is 9.66. The molecular formula is C11H19N3O. The summed E-state index contributed by atoms with van der Waals surface area (Å²) in [5.41, 5.74) is 0.974. The van der Waals surface area contributed by atoms with Crippen molar-refractivity contribution in [3.8, 4) is 5.88 Å². The van der Waals surface area contributed by atoms with E-state index in [1.807, 2.05) is 7.05 Å². The van der Waals surface area contributed by atoms with Gasteiger partial charge in [0.1, 0.15) is 0 Å². The van der Waals surface area contributed by atoms with Crippen molar-refractivity contribution in [3.63, 3.8) is 0 Å². The number of nitrogens with zero attached hydrogens (tertiary/aromatic N) is 2. The second-order valence-electron chi connectivity index (χ2n) is 3.53. The van der Waals surface area contributed by atoms with E-state index in [2.05, 4.69) is 22.2 Å². The van der Waals surface area contributed by atoms with Gasteiger partial charge in [-0.05, 0) is 13.5 Å². The maximum atomic E-state index is 5.04. The second kappa shape index (κ2) is 6.35. The van der Waals surface area contributed by atoms with Crippen LogP contribution in [0.15, 0.2) is 12.4 Å². The van der Waals surface area contributed by atoms with Crippen LogP contribution in [0.2, 0.25) is 0 Å². The third-order valence-corrected chi connectivity index (χ3v) is 2.37. The predicted octanol–water partition coefficient (Wildman–Crippen LogP) is 1.42. The van der Waals surface area contributed by atoms with Crippen molar-refractivity contribution in [1.82, 2.24) is 15.3 Å². The van der Waals surface area contributed by atoms with Gasteiger partial charge in [0.05, 0.1) is 19.0 Å². The summed E-state index contributed by atoms with van der Waals surface area (Å²) in [7, 11) is 3.59. The maximum absolute atomic E-state index is 5.04. The first-order chi connectivity index (χ1) is 7.30. The van der Waals surface area contributed by atoms with Gasteiger partial charge >= 0.3 is 0 Å². The molecule has 0 aliphatic heterocycles. The Hall–Kier alpha value is -1.16. The molecule has 1 heterocycles. The summed E-state index contributed by atoms with van der Waals surface area (Å²) in [6.45, 7) is 2.18. The van der Waals surface area contributed by atoms with Crippen molar-refractivity contribution in [2.45, 2.75) is 32.2 Å². The molecule has 0 radical (unpaired) electrons. The molecule has 0 fully saturated rings. The number of ether oxygens (including phenoxy) is 1. The normalized spacial score (nSPS) is 12.5. The molecule has 4 nitrogen and oxygen atoms in total. The molecule has 1 unspecified atom stereocenters. The van der Waals surface area contributed by atoms with Crippen LogP contribution in [0.5, 0.6) is 5.88 Å². The lowest BCUT2D eigenvalue weighted by molar-refractivity contribution is 0.392. The minimum absolute atomic E-state index is 0.469. The molecule has 0 aliphatic rings. The van der Waals surface area contributed by atoms with Gasteiger partial charge < -0.3 is 10.1 Å². The fourth-order valence-electron chi connectivity index (χ4n) is 1.53. The van der Waals surface area contributed by atoms with Crippen molar-refractivity contribution in [1.29, 1.82) is 0 Å². The number of rotatable bonds is 6. The Morgan fingerprint density at radius 3 is 2.87 bits per heavy atom. The summed E-state index contributed by atoms with van der Waals surface area (Å²) in [5, 5.41) is 3.28. The number of hydrogen-bond acceptors (Lipinski definition) is 4. The molecule has 1 aromatic heterocycles. The Kier molecular flexibility index (Phi) is 5.04. The average Bonchev–Trinajstić information content (AvgIpc) is 2.29. The highest BCUT2D eigenvalue weighted by Crippen LogP contribution is 2.08. The quantitative estimate of drug-likeness (QED) is 0.769. The van der Waals surface area contributed by atoms with Crippen LogP contribution < -0.4 is 10.1 Å². The van der Waals surface area contributed by atoms with Crippen molar-refractivity contribution in [3.05, 3.63) is 18.1 Å². The van der Waals surface area contributed by atoms with Gasteiger partial charge in [0, 0.05) is 18.7 Å². The van der Waals surface area contributed by atoms with E-state index in [1.54, 1.807) is 19.5 Å². The molecule has 0 bridgehead atoms. The van der Waals surface area contributed by atoms with Gasteiger partial charge in [0.2, 0.25) is 5.88 Å². The first-order valence-electron chi connectivity index (χ1n) is 5.32. The van der Waals surface area contributed by atoms with Crippen molar-refractivity contribution < 1.29 is 4.74 Å². The van der Waals surface area contributed by atoms with Gasteiger partial charge in [-0.3, -0.25) is 4.98 Å². The average molecular weight is 209 g/mol. The SMILES string of the molecule is CCCC(Cc1cncc(OC)n1)NC. The number of hydrogen-bond donors (Lipinski definition) is 1. The molecule has 84 valence electrons. The molecule has 0 aliphatic carbocycles. The Labute approximate surface area is 91.1 Å². The monoisotopic (exact) mass is 209 g/mol. The summed E-state index contributed by atoms with van der Waals surface area (Å²) in [5.74, 6) is 0.582. The molecule has 0 aromatic carbocycles. The predicted molar refractivity (Wildman–Crippen MR) is 60.0 cm³/mol. The molecule has 0 spiro atoms. The Bertz CT molecular complexity index is 291. The van der Waals surface area contributed by atoms with E-state index in [0.29, 0.717) is 11.9 Å². The molecule has 0 amide bonds. The van der Waals surface area contributed by atoms with Crippen LogP contribution in [0.1, 0.15) is 25.5 Å². The Morgan fingerprint density at radius 1 is 1.47 bits per heavy atom. The molecule has 1 N–H and O–H groups in total. The standard InChI is InChI=1S/C11H19N3O/c1-4-5-9(12-2)6-10-7-13-8-11(14-10)15-3/h7-9,12H,4-6H2,1-3H3. The van der Waals surface area contributed by atoms with E-state index in [9.17, 15) is 0 Å². The third-order valence-electron chi connectivity index (χ3n) is 2.37. The lowest BCUT2D eigenvalue weighted by Crippen LogP contribution is -2.27. The number of aromatic nitrogens is 2. The molecule has 1 aromatic rings. The first-order valence-corrected chi connectivity index (χ1v) is 5.32. The molecule has 1 rings (SSSR count). The largest absolute Gasteiger partial charge is 0.480 e. The van der Waals surface area contributed by atoms with Gasteiger partial charge in [0.15, 0.2) is 0 Å². The maximum Gasteiger partial charge on any atom is 0.232 e. The fourth-order valence-corrected chi connectivity index (χ4v) is 1.53. The van der Waals surface area contributed by atoms with Crippen molar-refractivity contribution >= 4 is 0 Å². The van der Waals surface area contributed by atoms with Gasteiger partial charge in [-0.15, -0.1) is 0 Å². The summed E-state index contributed by atoms with van der Waals surface area (Å²) >= 11 is 0. The van der Waals surface area contributed by atoms with Crippen LogP contribution in [0.3, 0.4) is 0 Å². The lowest BCUT2D eigenvalue weighted by atomic mass is 10.1. The summed E-state index contributed by atoms with van der Waals surface area (Å²) in [6, 6.07) is 0.469. The van der Waals surface area contributed by atoms with Gasteiger partial charge in [-0.1, -0.05) is 13.3 Å². The van der Waals surface area contributed by atoms with Crippen LogP contribution in [-0.2, 0) is 6.42 Å². The Morgan fingerprint density at radius 2 is 2.27 bits per heavy atom. The molecule has 0 saturated heterocycles. The summed E-state index contributed by atoms with van der Waals surface area (Å²) < 4.78 is 5.04. The number of methoxy groups -OCH3 is 1. The molecule has 4 heteroatoms. The van der Waals surface area contributed by atoms with E-state index in [4.69, 9.17) is 4.74 Å². The van der Waals surface area contributed by atoms with Crippen LogP contribution in [0, 0.1) is 0 Å². The lowest BCUT2D eigenvalue weighted by Gasteiger charge is -2.14. The molecular weight excluding hydrogens is 190 g/mol. The molecule has 1 atom stereocenters. The minimum atomic E-state index is 0.469. The fraction of sp³-hybridized carbons (Fsp3) is 0.636. The topological polar surface area (TPSA) is 47.0 Å².